The molecule has 1 aliphatic heterocycles. The van der Waals surface area contributed by atoms with Crippen molar-refractivity contribution in [2.24, 2.45) is 5.92 Å². The van der Waals surface area contributed by atoms with Crippen molar-refractivity contribution in [1.29, 1.82) is 0 Å². The first-order chi connectivity index (χ1) is 12.6. The summed E-state index contributed by atoms with van der Waals surface area (Å²) in [6.45, 7) is 2.14. The zero-order valence-corrected chi connectivity index (χ0v) is 14.8. The molecule has 1 aromatic heterocycles. The van der Waals surface area contributed by atoms with E-state index in [1.165, 1.54) is 12.8 Å². The minimum Gasteiger partial charge on any atom is -0.353 e. The average molecular weight is 354 g/mol. The van der Waals surface area contributed by atoms with Crippen molar-refractivity contribution in [3.63, 3.8) is 0 Å². The maximum atomic E-state index is 12.5. The number of benzene rings is 1. The molecule has 0 radical (unpaired) electrons. The third-order valence-corrected chi connectivity index (χ3v) is 5.14. The highest BCUT2D eigenvalue weighted by atomic mass is 16.5. The van der Waals surface area contributed by atoms with Crippen molar-refractivity contribution in [2.75, 3.05) is 11.4 Å². The van der Waals surface area contributed by atoms with Gasteiger partial charge in [-0.3, -0.25) is 9.59 Å². The maximum absolute atomic E-state index is 12.5. The average Bonchev–Trinajstić information content (AvgIpc) is 3.36. The molecule has 0 spiro atoms. The second-order valence-electron chi connectivity index (χ2n) is 7.08. The van der Waals surface area contributed by atoms with Crippen LogP contribution in [0.25, 0.3) is 11.4 Å². The number of nitrogens with one attached hydrogen (secondary N) is 1. The number of rotatable bonds is 4. The Kier molecular flexibility index (Phi) is 4.44. The number of hydrogen-bond acceptors (Lipinski definition) is 5. The lowest BCUT2D eigenvalue weighted by molar-refractivity contribution is -0.126. The summed E-state index contributed by atoms with van der Waals surface area (Å²) in [6, 6.07) is 7.73. The highest BCUT2D eigenvalue weighted by Crippen LogP contribution is 2.29. The minimum atomic E-state index is -0.292. The summed E-state index contributed by atoms with van der Waals surface area (Å²) in [5.74, 6) is 0.660. The van der Waals surface area contributed by atoms with Gasteiger partial charge in [-0.25, -0.2) is 0 Å². The highest BCUT2D eigenvalue weighted by Gasteiger charge is 2.36. The molecule has 1 saturated heterocycles. The van der Waals surface area contributed by atoms with Crippen LogP contribution in [0.15, 0.2) is 28.8 Å². The Morgan fingerprint density at radius 1 is 1.31 bits per heavy atom. The molecule has 1 saturated carbocycles. The van der Waals surface area contributed by atoms with E-state index in [0.717, 1.165) is 24.1 Å². The number of anilines is 1. The van der Waals surface area contributed by atoms with Crippen LogP contribution in [0.4, 0.5) is 5.69 Å². The molecule has 2 heterocycles. The molecular weight excluding hydrogens is 332 g/mol. The van der Waals surface area contributed by atoms with E-state index in [1.54, 1.807) is 11.8 Å². The van der Waals surface area contributed by atoms with E-state index in [-0.39, 0.29) is 30.2 Å². The fourth-order valence-corrected chi connectivity index (χ4v) is 3.75. The summed E-state index contributed by atoms with van der Waals surface area (Å²) < 4.78 is 5.02. The molecular formula is C19H22N4O3. The standard InChI is InChI=1S/C19H22N4O3/c1-12-20-18(22-26-12)13-5-4-8-16(9-13)23-11-14(10-17(23)24)19(25)21-15-6-2-3-7-15/h4-5,8-9,14-15H,2-3,6-7,10-11H2,1H3,(H,21,25)/t14-/m1/s1. The summed E-state index contributed by atoms with van der Waals surface area (Å²) in [6.07, 6.45) is 4.68. The van der Waals surface area contributed by atoms with Crippen molar-refractivity contribution < 1.29 is 14.1 Å². The van der Waals surface area contributed by atoms with Gasteiger partial charge < -0.3 is 14.7 Å². The molecule has 1 aliphatic carbocycles. The molecule has 2 amide bonds. The van der Waals surface area contributed by atoms with Crippen molar-refractivity contribution >= 4 is 17.5 Å². The van der Waals surface area contributed by atoms with Gasteiger partial charge in [0.1, 0.15) is 0 Å². The van der Waals surface area contributed by atoms with Crippen LogP contribution < -0.4 is 10.2 Å². The van der Waals surface area contributed by atoms with E-state index in [0.29, 0.717) is 18.3 Å². The number of aromatic nitrogens is 2. The third kappa shape index (κ3) is 3.34. The molecule has 26 heavy (non-hydrogen) atoms. The molecule has 1 atom stereocenters. The Balaban J connectivity index is 1.48. The third-order valence-electron chi connectivity index (χ3n) is 5.14. The number of carbonyl (C=O) groups is 2. The Labute approximate surface area is 151 Å². The highest BCUT2D eigenvalue weighted by molar-refractivity contribution is 6.00. The van der Waals surface area contributed by atoms with Gasteiger partial charge in [0.15, 0.2) is 0 Å². The van der Waals surface area contributed by atoms with Crippen LogP contribution >= 0.6 is 0 Å². The fourth-order valence-electron chi connectivity index (χ4n) is 3.75. The van der Waals surface area contributed by atoms with Crippen LogP contribution in [0, 0.1) is 12.8 Å². The van der Waals surface area contributed by atoms with Crippen LogP contribution in [0.3, 0.4) is 0 Å². The SMILES string of the molecule is Cc1nc(-c2cccc(N3C[C@H](C(=O)NC4CCCC4)CC3=O)c2)no1. The lowest BCUT2D eigenvalue weighted by Crippen LogP contribution is -2.38. The van der Waals surface area contributed by atoms with Gasteiger partial charge in [-0.1, -0.05) is 30.1 Å². The van der Waals surface area contributed by atoms with Crippen molar-refractivity contribution in [3.05, 3.63) is 30.2 Å². The lowest BCUT2D eigenvalue weighted by Gasteiger charge is -2.18. The van der Waals surface area contributed by atoms with Gasteiger partial charge in [-0.05, 0) is 25.0 Å². The van der Waals surface area contributed by atoms with E-state index in [4.69, 9.17) is 4.52 Å². The monoisotopic (exact) mass is 354 g/mol. The molecule has 2 aliphatic rings. The summed E-state index contributed by atoms with van der Waals surface area (Å²) >= 11 is 0. The Morgan fingerprint density at radius 2 is 2.12 bits per heavy atom. The van der Waals surface area contributed by atoms with Crippen LogP contribution in [-0.2, 0) is 9.59 Å². The first kappa shape index (κ1) is 16.8. The molecule has 1 aromatic carbocycles. The van der Waals surface area contributed by atoms with Crippen LogP contribution in [0.2, 0.25) is 0 Å². The van der Waals surface area contributed by atoms with Crippen molar-refractivity contribution in [3.8, 4) is 11.4 Å². The predicted octanol–water partition coefficient (Wildman–Crippen LogP) is 2.46. The smallest absolute Gasteiger partial charge is 0.227 e. The molecule has 1 N–H and O–H groups in total. The number of aryl methyl sites for hydroxylation is 1. The Morgan fingerprint density at radius 3 is 2.85 bits per heavy atom. The van der Waals surface area contributed by atoms with Gasteiger partial charge in [0, 0.05) is 37.2 Å². The van der Waals surface area contributed by atoms with Crippen LogP contribution in [-0.4, -0.2) is 34.5 Å². The number of nitrogens with zero attached hydrogens (tertiary/aromatic N) is 3. The lowest BCUT2D eigenvalue weighted by atomic mass is 10.1. The summed E-state index contributed by atoms with van der Waals surface area (Å²) in [5, 5.41) is 7.02. The second-order valence-corrected chi connectivity index (χ2v) is 7.08. The number of amides is 2. The Bertz CT molecular complexity index is 826. The zero-order valence-electron chi connectivity index (χ0n) is 14.8. The summed E-state index contributed by atoms with van der Waals surface area (Å²) in [4.78, 5) is 30.9. The molecule has 7 nitrogen and oxygen atoms in total. The van der Waals surface area contributed by atoms with Gasteiger partial charge in [0.2, 0.25) is 23.5 Å². The fraction of sp³-hybridized carbons (Fsp3) is 0.474. The van der Waals surface area contributed by atoms with Crippen LogP contribution in [0.5, 0.6) is 0 Å². The molecule has 2 aromatic rings. The topological polar surface area (TPSA) is 88.3 Å². The zero-order chi connectivity index (χ0) is 18.1. The van der Waals surface area contributed by atoms with E-state index >= 15 is 0 Å². The minimum absolute atomic E-state index is 0.00213. The molecule has 2 fully saturated rings. The van der Waals surface area contributed by atoms with Gasteiger partial charge in [-0.15, -0.1) is 0 Å². The number of carbonyl (C=O) groups excluding carboxylic acids is 2. The van der Waals surface area contributed by atoms with Gasteiger partial charge >= 0.3 is 0 Å². The first-order valence-corrected chi connectivity index (χ1v) is 9.11. The normalized spacial score (nSPS) is 20.7. The van der Waals surface area contributed by atoms with Gasteiger partial charge in [0.25, 0.3) is 0 Å². The van der Waals surface area contributed by atoms with E-state index < -0.39 is 0 Å². The van der Waals surface area contributed by atoms with E-state index in [1.807, 2.05) is 24.3 Å². The molecule has 0 unspecified atom stereocenters. The molecule has 136 valence electrons. The Hall–Kier alpha value is -2.70. The maximum Gasteiger partial charge on any atom is 0.227 e. The van der Waals surface area contributed by atoms with Crippen molar-refractivity contribution in [1.82, 2.24) is 15.5 Å². The second kappa shape index (κ2) is 6.90. The van der Waals surface area contributed by atoms with Crippen molar-refractivity contribution in [2.45, 2.75) is 45.1 Å². The van der Waals surface area contributed by atoms with Gasteiger partial charge in [-0.2, -0.15) is 4.98 Å². The number of hydrogen-bond donors (Lipinski definition) is 1. The largest absolute Gasteiger partial charge is 0.353 e. The molecule has 4 rings (SSSR count). The van der Waals surface area contributed by atoms with Gasteiger partial charge in [0.05, 0.1) is 5.92 Å². The molecule has 7 heteroatoms. The quantitative estimate of drug-likeness (QED) is 0.911. The van der Waals surface area contributed by atoms with Crippen LogP contribution in [0.1, 0.15) is 38.0 Å². The predicted molar refractivity (Wildman–Crippen MR) is 95.3 cm³/mol. The molecule has 0 bridgehead atoms. The summed E-state index contributed by atoms with van der Waals surface area (Å²) in [5.41, 5.74) is 1.54. The first-order valence-electron chi connectivity index (χ1n) is 9.11. The van der Waals surface area contributed by atoms with E-state index in [9.17, 15) is 9.59 Å². The summed E-state index contributed by atoms with van der Waals surface area (Å²) in [7, 11) is 0. The van der Waals surface area contributed by atoms with E-state index in [2.05, 4.69) is 15.5 Å².